The molecule has 3 rings (SSSR count). The van der Waals surface area contributed by atoms with Crippen molar-refractivity contribution < 1.29 is 24.5 Å². The van der Waals surface area contributed by atoms with Gasteiger partial charge in [0.25, 0.3) is 11.7 Å². The van der Waals surface area contributed by atoms with Gasteiger partial charge in [0.2, 0.25) is 0 Å². The van der Waals surface area contributed by atoms with Crippen LogP contribution in [0.25, 0.3) is 0 Å². The van der Waals surface area contributed by atoms with Crippen LogP contribution >= 0.6 is 11.8 Å². The molecule has 1 aromatic carbocycles. The Labute approximate surface area is 118 Å². The van der Waals surface area contributed by atoms with E-state index < -0.39 is 23.6 Å². The number of benzene rings is 1. The molecule has 2 aliphatic heterocycles. The lowest BCUT2D eigenvalue weighted by molar-refractivity contribution is -0.557. The largest absolute Gasteiger partial charge is 0.814 e. The molecule has 0 saturated carbocycles. The summed E-state index contributed by atoms with van der Waals surface area (Å²) in [4.78, 5) is 20.1. The monoisotopic (exact) mass is 293 g/mol. The minimum atomic E-state index is -1.41. The van der Waals surface area contributed by atoms with Crippen LogP contribution in [0.1, 0.15) is 6.92 Å². The van der Waals surface area contributed by atoms with Gasteiger partial charge in [-0.05, 0) is 17.7 Å². The molecule has 20 heavy (non-hydrogen) atoms. The molecule has 2 aliphatic rings. The summed E-state index contributed by atoms with van der Waals surface area (Å²) in [6.07, 6.45) is -1.41. The molecule has 0 spiro atoms. The van der Waals surface area contributed by atoms with Crippen LogP contribution in [0.3, 0.4) is 0 Å². The van der Waals surface area contributed by atoms with Crippen LogP contribution in [0.4, 0.5) is 11.4 Å². The van der Waals surface area contributed by atoms with Gasteiger partial charge in [0.1, 0.15) is 22.3 Å². The highest BCUT2D eigenvalue weighted by molar-refractivity contribution is 8.15. The van der Waals surface area contributed by atoms with Gasteiger partial charge in [-0.25, -0.2) is 4.99 Å². The number of nitrogens with zero attached hydrogens (tertiary/aromatic N) is 3. The van der Waals surface area contributed by atoms with E-state index in [2.05, 4.69) is 10.3 Å². The highest BCUT2D eigenvalue weighted by atomic mass is 32.2. The third kappa shape index (κ3) is 2.06. The normalized spacial score (nSPS) is 24.9. The number of aliphatic imine (C=N–C) groups is 1. The maximum atomic E-state index is 11.9. The second-order valence-electron chi connectivity index (χ2n) is 4.38. The van der Waals surface area contributed by atoms with Crippen LogP contribution in [-0.2, 0) is 9.63 Å². The van der Waals surface area contributed by atoms with Gasteiger partial charge in [-0.3, -0.25) is 4.79 Å². The molecule has 0 amide bonds. The summed E-state index contributed by atoms with van der Waals surface area (Å²) in [5.41, 5.74) is 1.33. The van der Waals surface area contributed by atoms with Gasteiger partial charge in [0.05, 0.1) is 0 Å². The molecule has 0 fully saturated rings. The Bertz CT molecular complexity index is 631. The maximum absolute atomic E-state index is 11.9. The maximum Gasteiger partial charge on any atom is 0.316 e. The Hall–Kier alpha value is -1.93. The van der Waals surface area contributed by atoms with Crippen LogP contribution in [0.2, 0.25) is 0 Å². The van der Waals surface area contributed by atoms with Crippen LogP contribution in [0, 0.1) is 0 Å². The van der Waals surface area contributed by atoms with E-state index >= 15 is 0 Å². The second kappa shape index (κ2) is 4.88. The molecule has 0 radical (unpaired) electrons. The van der Waals surface area contributed by atoms with Crippen LogP contribution in [0.5, 0.6) is 0 Å². The molecule has 104 valence electrons. The third-order valence-electron chi connectivity index (χ3n) is 3.02. The van der Waals surface area contributed by atoms with Crippen molar-refractivity contribution in [1.82, 2.24) is 0 Å². The third-order valence-corrected chi connectivity index (χ3v) is 4.15. The van der Waals surface area contributed by atoms with E-state index in [0.717, 1.165) is 11.8 Å². The molecule has 2 heterocycles. The number of thioether (sulfide) groups is 1. The number of para-hydroxylation sites is 2. The number of hydrogen-bond donors (Lipinski definition) is 1. The zero-order valence-corrected chi connectivity index (χ0v) is 11.3. The first-order valence-electron chi connectivity index (χ1n) is 5.97. The van der Waals surface area contributed by atoms with E-state index in [-0.39, 0.29) is 0 Å². The van der Waals surface area contributed by atoms with Gasteiger partial charge in [-0.2, -0.15) is 0 Å². The summed E-state index contributed by atoms with van der Waals surface area (Å²) in [7, 11) is 0. The first kappa shape index (κ1) is 13.1. The number of rotatable bonds is 2. The van der Waals surface area contributed by atoms with Gasteiger partial charge < -0.3 is 15.1 Å². The van der Waals surface area contributed by atoms with Crippen LogP contribution < -0.4 is 5.11 Å². The van der Waals surface area contributed by atoms with E-state index in [0.29, 0.717) is 16.4 Å². The van der Waals surface area contributed by atoms with Crippen molar-refractivity contribution in [1.29, 1.82) is 0 Å². The zero-order chi connectivity index (χ0) is 14.3. The zero-order valence-electron chi connectivity index (χ0n) is 10.5. The molecule has 0 bridgehead atoms. The number of aliphatic carboxylic acids is 1. The van der Waals surface area contributed by atoms with Gasteiger partial charge in [0, 0.05) is 6.07 Å². The fourth-order valence-electron chi connectivity index (χ4n) is 2.00. The number of fused-ring (bicyclic) bond motifs is 3. The Morgan fingerprint density at radius 3 is 3.05 bits per heavy atom. The van der Waals surface area contributed by atoms with Crippen molar-refractivity contribution in [3.05, 3.63) is 24.3 Å². The van der Waals surface area contributed by atoms with E-state index in [1.54, 1.807) is 19.1 Å². The van der Waals surface area contributed by atoms with E-state index in [1.807, 2.05) is 12.1 Å². The Morgan fingerprint density at radius 2 is 2.30 bits per heavy atom. The topological polar surface area (TPSA) is 97.3 Å². The average molecular weight is 293 g/mol. The molecule has 0 aromatic heterocycles. The molecular formula is C12H11N3O4S. The number of hydrogen-bond acceptors (Lipinski definition) is 6. The Morgan fingerprint density at radius 1 is 1.55 bits per heavy atom. The van der Waals surface area contributed by atoms with Crippen LogP contribution in [0.15, 0.2) is 34.5 Å². The van der Waals surface area contributed by atoms with Gasteiger partial charge in [0.15, 0.2) is 5.28 Å². The highest BCUT2D eigenvalue weighted by Crippen LogP contribution is 2.39. The summed E-state index contributed by atoms with van der Waals surface area (Å²) < 4.78 is 1.47. The predicted octanol–water partition coefficient (Wildman–Crippen LogP) is 1.03. The van der Waals surface area contributed by atoms with Gasteiger partial charge in [-0.1, -0.05) is 23.9 Å². The predicted molar refractivity (Wildman–Crippen MR) is 69.2 cm³/mol. The first-order chi connectivity index (χ1) is 9.58. The van der Waals surface area contributed by atoms with Crippen molar-refractivity contribution in [2.45, 2.75) is 24.5 Å². The lowest BCUT2D eigenvalue weighted by Crippen LogP contribution is -2.45. The number of carbonyl (C=O) groups is 1. The molecular weight excluding hydrogens is 282 g/mol. The van der Waals surface area contributed by atoms with Crippen molar-refractivity contribution in [2.75, 3.05) is 0 Å². The highest BCUT2D eigenvalue weighted by Gasteiger charge is 2.45. The van der Waals surface area contributed by atoms with Crippen molar-refractivity contribution in [3.63, 3.8) is 0 Å². The molecule has 1 aromatic rings. The second-order valence-corrected chi connectivity index (χ2v) is 5.74. The molecule has 8 heteroatoms. The summed E-state index contributed by atoms with van der Waals surface area (Å²) in [5, 5.41) is 24.3. The fraction of sp³-hybridized carbons (Fsp3) is 0.333. The molecule has 1 N–H and O–H groups in total. The minimum Gasteiger partial charge on any atom is -0.814 e. The summed E-state index contributed by atoms with van der Waals surface area (Å²) in [6.45, 7) is 1.55. The fourth-order valence-corrected chi connectivity index (χ4v) is 2.97. The van der Waals surface area contributed by atoms with Crippen molar-refractivity contribution in [3.8, 4) is 0 Å². The molecule has 0 saturated heterocycles. The van der Waals surface area contributed by atoms with E-state index in [4.69, 9.17) is 9.94 Å². The smallest absolute Gasteiger partial charge is 0.316 e. The van der Waals surface area contributed by atoms with Gasteiger partial charge in [-0.15, -0.1) is 0 Å². The Balaban J connectivity index is 2.03. The number of carboxylic acids is 1. The summed E-state index contributed by atoms with van der Waals surface area (Å²) in [5.74, 6) is -0.957. The van der Waals surface area contributed by atoms with Crippen LogP contribution in [-0.4, -0.2) is 38.4 Å². The van der Waals surface area contributed by atoms with E-state index in [1.165, 1.54) is 4.70 Å². The van der Waals surface area contributed by atoms with E-state index in [9.17, 15) is 9.90 Å². The lowest BCUT2D eigenvalue weighted by atomic mass is 10.2. The summed E-state index contributed by atoms with van der Waals surface area (Å²) >= 11 is 1.04. The van der Waals surface area contributed by atoms with Crippen molar-refractivity contribution in [2.24, 2.45) is 10.3 Å². The minimum absolute atomic E-state index is 0.417. The molecule has 7 nitrogen and oxygen atoms in total. The quantitative estimate of drug-likeness (QED) is 0.821. The number of carboxylic acid groups (broad SMARTS) is 1. The molecule has 3 atom stereocenters. The molecule has 3 unspecified atom stereocenters. The van der Waals surface area contributed by atoms with Gasteiger partial charge >= 0.3 is 5.97 Å². The summed E-state index contributed by atoms with van der Waals surface area (Å²) in [6, 6.07) is 6.50. The SMILES string of the molecule is CC(SC1=Nc2ccccc2[N+]2=NOC([O-])C12)C(=O)O. The average Bonchev–Trinajstić information content (AvgIpc) is 2.81. The standard InChI is InChI=1S/C12H11N3O4S/c1-6(11(16)17)20-10-9-12(18)19-14-15(9)8-5-3-2-4-7(8)13-10/h2-6,9,12H,1H3,(H,16,17). The van der Waals surface area contributed by atoms with Crippen molar-refractivity contribution >= 4 is 34.1 Å². The lowest BCUT2D eigenvalue weighted by Gasteiger charge is -2.22. The molecule has 0 aliphatic carbocycles. The first-order valence-corrected chi connectivity index (χ1v) is 6.85. The Kier molecular flexibility index (Phi) is 3.19.